The Kier molecular flexibility index (Phi) is 4.48. The highest BCUT2D eigenvalue weighted by atomic mass is 14.4. The maximum absolute atomic E-state index is 2.39. The lowest BCUT2D eigenvalue weighted by atomic mass is 9.59. The van der Waals surface area contributed by atoms with Gasteiger partial charge in [0.2, 0.25) is 0 Å². The maximum atomic E-state index is 2.39. The molecule has 2 bridgehead atoms. The zero-order valence-corrected chi connectivity index (χ0v) is 13.2. The van der Waals surface area contributed by atoms with Crippen molar-refractivity contribution in [3.8, 4) is 0 Å². The summed E-state index contributed by atoms with van der Waals surface area (Å²) in [7, 11) is 0. The van der Waals surface area contributed by atoms with Crippen molar-refractivity contribution in [3.63, 3.8) is 0 Å². The number of benzene rings is 1. The van der Waals surface area contributed by atoms with Gasteiger partial charge in [0.15, 0.2) is 0 Å². The average Bonchev–Trinajstić information content (AvgIpc) is 2.54. The second-order valence-corrected chi connectivity index (χ2v) is 7.40. The highest BCUT2D eigenvalue weighted by Crippen LogP contribution is 2.52. The molecule has 0 aliphatic heterocycles. The summed E-state index contributed by atoms with van der Waals surface area (Å²) in [5, 5.41) is 0. The van der Waals surface area contributed by atoms with Gasteiger partial charge in [-0.3, -0.25) is 0 Å². The van der Waals surface area contributed by atoms with Gasteiger partial charge in [-0.1, -0.05) is 37.6 Å². The fourth-order valence-electron chi connectivity index (χ4n) is 4.38. The van der Waals surface area contributed by atoms with Crippen LogP contribution in [0.15, 0.2) is 24.3 Å². The zero-order valence-electron chi connectivity index (χ0n) is 13.2. The molecular weight excluding hydrogens is 240 g/mol. The Balaban J connectivity index is 1.53. The monoisotopic (exact) mass is 270 g/mol. The number of aryl methyl sites for hydroxylation is 2. The van der Waals surface area contributed by atoms with Crippen molar-refractivity contribution in [1.29, 1.82) is 0 Å². The van der Waals surface area contributed by atoms with Gasteiger partial charge >= 0.3 is 0 Å². The molecule has 0 atom stereocenters. The minimum Gasteiger partial charge on any atom is -0.0654 e. The van der Waals surface area contributed by atoms with Crippen LogP contribution in [0.25, 0.3) is 0 Å². The predicted octanol–water partition coefficient (Wildman–Crippen LogP) is 5.93. The Morgan fingerprint density at radius 3 is 2.00 bits per heavy atom. The number of hydrogen-bond donors (Lipinski definition) is 0. The summed E-state index contributed by atoms with van der Waals surface area (Å²) in [5.74, 6) is 1.09. The van der Waals surface area contributed by atoms with Crippen molar-refractivity contribution in [2.45, 2.75) is 77.6 Å². The van der Waals surface area contributed by atoms with E-state index < -0.39 is 0 Å². The first kappa shape index (κ1) is 14.2. The molecule has 0 spiro atoms. The van der Waals surface area contributed by atoms with Crippen LogP contribution in [0.1, 0.15) is 75.8 Å². The van der Waals surface area contributed by atoms with Crippen LogP contribution in [0.4, 0.5) is 0 Å². The molecule has 110 valence electrons. The first-order valence-corrected chi connectivity index (χ1v) is 8.87. The highest BCUT2D eigenvalue weighted by Gasteiger charge is 2.39. The molecule has 1 aromatic rings. The van der Waals surface area contributed by atoms with Crippen LogP contribution in [-0.4, -0.2) is 0 Å². The summed E-state index contributed by atoms with van der Waals surface area (Å²) in [4.78, 5) is 0. The van der Waals surface area contributed by atoms with Crippen molar-refractivity contribution in [2.75, 3.05) is 0 Å². The van der Waals surface area contributed by atoms with Crippen LogP contribution >= 0.6 is 0 Å². The molecule has 0 unspecified atom stereocenters. The van der Waals surface area contributed by atoms with Crippen molar-refractivity contribution in [2.24, 2.45) is 11.3 Å². The molecule has 0 aromatic heterocycles. The Bertz CT molecular complexity index is 392. The molecule has 1 aromatic carbocycles. The molecule has 20 heavy (non-hydrogen) atoms. The van der Waals surface area contributed by atoms with Gasteiger partial charge in [0.25, 0.3) is 0 Å². The topological polar surface area (TPSA) is 0 Å². The average molecular weight is 270 g/mol. The lowest BCUT2D eigenvalue weighted by Crippen LogP contribution is -2.34. The predicted molar refractivity (Wildman–Crippen MR) is 87.0 cm³/mol. The highest BCUT2D eigenvalue weighted by molar-refractivity contribution is 5.23. The second kappa shape index (κ2) is 6.33. The number of unbranched alkanes of at least 4 members (excludes halogenated alkanes) is 1. The van der Waals surface area contributed by atoms with Crippen molar-refractivity contribution in [1.82, 2.24) is 0 Å². The minimum atomic E-state index is 0.732. The van der Waals surface area contributed by atoms with E-state index in [9.17, 15) is 0 Å². The fraction of sp³-hybridized carbons (Fsp3) is 0.700. The van der Waals surface area contributed by atoms with Crippen molar-refractivity contribution in [3.05, 3.63) is 35.4 Å². The number of hydrogen-bond acceptors (Lipinski definition) is 0. The van der Waals surface area contributed by atoms with E-state index in [1.54, 1.807) is 5.56 Å². The Hall–Kier alpha value is -0.780. The molecule has 3 fully saturated rings. The van der Waals surface area contributed by atoms with Crippen molar-refractivity contribution < 1.29 is 0 Å². The van der Waals surface area contributed by atoms with Crippen LogP contribution < -0.4 is 0 Å². The lowest BCUT2D eigenvalue weighted by molar-refractivity contribution is 0.0570. The number of rotatable bonds is 6. The third-order valence-electron chi connectivity index (χ3n) is 6.03. The maximum Gasteiger partial charge on any atom is -0.0274 e. The van der Waals surface area contributed by atoms with E-state index in [1.165, 1.54) is 76.2 Å². The summed E-state index contributed by atoms with van der Waals surface area (Å²) >= 11 is 0. The van der Waals surface area contributed by atoms with Gasteiger partial charge in [-0.05, 0) is 86.7 Å². The van der Waals surface area contributed by atoms with E-state index in [-0.39, 0.29) is 0 Å². The van der Waals surface area contributed by atoms with Gasteiger partial charge in [-0.2, -0.15) is 0 Å². The Morgan fingerprint density at radius 2 is 1.45 bits per heavy atom. The van der Waals surface area contributed by atoms with E-state index in [0.29, 0.717) is 0 Å². The fourth-order valence-corrected chi connectivity index (χ4v) is 4.38. The van der Waals surface area contributed by atoms with E-state index in [1.807, 2.05) is 0 Å². The summed E-state index contributed by atoms with van der Waals surface area (Å²) in [6, 6.07) is 9.49. The standard InChI is InChI=1S/C20H30/c1-2-3-4-17-5-7-18(8-6-17)9-13-20-14-10-19(11-15-20)12-16-20/h5-8,19H,2-4,9-16H2,1H3. The molecule has 0 heterocycles. The molecule has 0 nitrogen and oxygen atoms in total. The normalized spacial score (nSPS) is 28.8. The zero-order chi connectivity index (χ0) is 13.8. The van der Waals surface area contributed by atoms with Crippen LogP contribution in [-0.2, 0) is 12.8 Å². The molecule has 0 N–H and O–H groups in total. The first-order chi connectivity index (χ1) is 9.80. The van der Waals surface area contributed by atoms with Crippen LogP contribution in [0, 0.1) is 11.3 Å². The molecule has 3 aliphatic carbocycles. The first-order valence-electron chi connectivity index (χ1n) is 8.87. The van der Waals surface area contributed by atoms with E-state index in [4.69, 9.17) is 0 Å². The summed E-state index contributed by atoms with van der Waals surface area (Å²) in [6.45, 7) is 2.27. The molecular formula is C20H30. The third-order valence-corrected chi connectivity index (χ3v) is 6.03. The largest absolute Gasteiger partial charge is 0.0654 e. The van der Waals surface area contributed by atoms with Gasteiger partial charge in [-0.25, -0.2) is 0 Å². The van der Waals surface area contributed by atoms with Gasteiger partial charge in [0.1, 0.15) is 0 Å². The molecule has 4 rings (SSSR count). The quantitative estimate of drug-likeness (QED) is 0.600. The van der Waals surface area contributed by atoms with Crippen molar-refractivity contribution >= 4 is 0 Å². The molecule has 0 heteroatoms. The number of fused-ring (bicyclic) bond motifs is 3. The van der Waals surface area contributed by atoms with Gasteiger partial charge in [0, 0.05) is 0 Å². The smallest absolute Gasteiger partial charge is 0.0274 e. The lowest BCUT2D eigenvalue weighted by Gasteiger charge is -2.47. The molecule has 0 radical (unpaired) electrons. The van der Waals surface area contributed by atoms with E-state index >= 15 is 0 Å². The van der Waals surface area contributed by atoms with E-state index in [2.05, 4.69) is 31.2 Å². The molecule has 3 aliphatic rings. The molecule has 0 amide bonds. The third kappa shape index (κ3) is 3.27. The van der Waals surface area contributed by atoms with Gasteiger partial charge in [-0.15, -0.1) is 0 Å². The van der Waals surface area contributed by atoms with Gasteiger partial charge in [0.05, 0.1) is 0 Å². The molecule has 3 saturated carbocycles. The minimum absolute atomic E-state index is 0.732. The SMILES string of the molecule is CCCCc1ccc(CCC23CCC(CC2)CC3)cc1. The van der Waals surface area contributed by atoms with E-state index in [0.717, 1.165) is 11.3 Å². The van der Waals surface area contributed by atoms with Crippen LogP contribution in [0.3, 0.4) is 0 Å². The Labute approximate surface area is 125 Å². The second-order valence-electron chi connectivity index (χ2n) is 7.40. The summed E-state index contributed by atoms with van der Waals surface area (Å²) in [6.07, 6.45) is 15.7. The molecule has 0 saturated heterocycles. The van der Waals surface area contributed by atoms with Crippen LogP contribution in [0.2, 0.25) is 0 Å². The summed E-state index contributed by atoms with van der Waals surface area (Å²) in [5.41, 5.74) is 3.81. The summed E-state index contributed by atoms with van der Waals surface area (Å²) < 4.78 is 0. The van der Waals surface area contributed by atoms with Crippen LogP contribution in [0.5, 0.6) is 0 Å². The van der Waals surface area contributed by atoms with Gasteiger partial charge < -0.3 is 0 Å². The Morgan fingerprint density at radius 1 is 0.900 bits per heavy atom.